The molecule has 0 unspecified atom stereocenters. The van der Waals surface area contributed by atoms with E-state index in [1.807, 2.05) is 12.4 Å². The number of thiazole rings is 1. The van der Waals surface area contributed by atoms with Gasteiger partial charge in [-0.1, -0.05) is 0 Å². The maximum Gasteiger partial charge on any atom is 0.233 e. The number of aromatic nitrogens is 3. The zero-order chi connectivity index (χ0) is 13.0. The summed E-state index contributed by atoms with van der Waals surface area (Å²) >= 11 is 4.96. The molecular formula is C10H12BrN5OS. The van der Waals surface area contributed by atoms with Crippen molar-refractivity contribution in [2.75, 3.05) is 12.0 Å². The number of hydrazine groups is 1. The van der Waals surface area contributed by atoms with Crippen molar-refractivity contribution in [1.82, 2.24) is 15.0 Å². The molecule has 6 nitrogen and oxygen atoms in total. The van der Waals surface area contributed by atoms with Crippen LogP contribution in [0.3, 0.4) is 0 Å². The average Bonchev–Trinajstić information content (AvgIpc) is 2.77. The van der Waals surface area contributed by atoms with Crippen molar-refractivity contribution in [2.45, 2.75) is 13.3 Å². The molecule has 0 aromatic carbocycles. The summed E-state index contributed by atoms with van der Waals surface area (Å²) in [5.41, 5.74) is 5.35. The second-order valence-corrected chi connectivity index (χ2v) is 5.18. The lowest BCUT2D eigenvalue weighted by Gasteiger charge is -2.08. The molecule has 0 fully saturated rings. The predicted octanol–water partition coefficient (Wildman–Crippen LogP) is 1.91. The minimum Gasteiger partial charge on any atom is -0.476 e. The molecule has 0 aliphatic rings. The zero-order valence-corrected chi connectivity index (χ0v) is 12.1. The number of halogens is 1. The Morgan fingerprint density at radius 1 is 1.44 bits per heavy atom. The maximum absolute atomic E-state index is 5.59. The first-order valence-electron chi connectivity index (χ1n) is 5.21. The highest BCUT2D eigenvalue weighted by Gasteiger charge is 2.09. The van der Waals surface area contributed by atoms with E-state index in [0.717, 1.165) is 12.1 Å². The highest BCUT2D eigenvalue weighted by Crippen LogP contribution is 2.27. The van der Waals surface area contributed by atoms with Gasteiger partial charge in [0.2, 0.25) is 5.88 Å². The summed E-state index contributed by atoms with van der Waals surface area (Å²) in [6.07, 6.45) is 2.20. The Kier molecular flexibility index (Phi) is 4.45. The van der Waals surface area contributed by atoms with Gasteiger partial charge in [-0.15, -0.1) is 11.3 Å². The van der Waals surface area contributed by atoms with Crippen LogP contribution in [0.1, 0.15) is 10.6 Å². The number of nitrogens with zero attached hydrogens (tertiary/aromatic N) is 3. The zero-order valence-electron chi connectivity index (χ0n) is 9.68. The molecule has 8 heteroatoms. The molecule has 0 aliphatic carbocycles. The summed E-state index contributed by atoms with van der Waals surface area (Å²) in [6.45, 7) is 2.52. The van der Waals surface area contributed by atoms with E-state index in [-0.39, 0.29) is 0 Å². The third kappa shape index (κ3) is 2.95. The fourth-order valence-corrected chi connectivity index (χ4v) is 2.56. The third-order valence-corrected chi connectivity index (χ3v) is 4.02. The van der Waals surface area contributed by atoms with Crippen LogP contribution in [0.4, 0.5) is 5.82 Å². The molecule has 2 aromatic heterocycles. The summed E-state index contributed by atoms with van der Waals surface area (Å²) in [6, 6.07) is 0. The SMILES string of the molecule is Cc1ncsc1CCOc1ncnc(NN)c1Br. The van der Waals surface area contributed by atoms with Gasteiger partial charge >= 0.3 is 0 Å². The van der Waals surface area contributed by atoms with Gasteiger partial charge in [-0.3, -0.25) is 0 Å². The highest BCUT2D eigenvalue weighted by atomic mass is 79.9. The Balaban J connectivity index is 1.96. The van der Waals surface area contributed by atoms with Crippen molar-refractivity contribution in [1.29, 1.82) is 0 Å². The molecule has 2 rings (SSSR count). The largest absolute Gasteiger partial charge is 0.476 e. The fourth-order valence-electron chi connectivity index (χ4n) is 1.36. The van der Waals surface area contributed by atoms with Gasteiger partial charge in [0.15, 0.2) is 5.82 Å². The molecule has 0 spiro atoms. The molecular weight excluding hydrogens is 318 g/mol. The number of rotatable bonds is 5. The summed E-state index contributed by atoms with van der Waals surface area (Å²) < 4.78 is 6.21. The Morgan fingerprint density at radius 2 is 2.28 bits per heavy atom. The minimum absolute atomic E-state index is 0.472. The fraction of sp³-hybridized carbons (Fsp3) is 0.300. The van der Waals surface area contributed by atoms with Crippen molar-refractivity contribution in [3.63, 3.8) is 0 Å². The van der Waals surface area contributed by atoms with Crippen molar-refractivity contribution < 1.29 is 4.74 Å². The van der Waals surface area contributed by atoms with Crippen LogP contribution in [-0.2, 0) is 6.42 Å². The quantitative estimate of drug-likeness (QED) is 0.643. The molecule has 96 valence electrons. The number of aryl methyl sites for hydroxylation is 1. The van der Waals surface area contributed by atoms with Crippen LogP contribution in [0.5, 0.6) is 5.88 Å². The third-order valence-electron chi connectivity index (χ3n) is 2.31. The van der Waals surface area contributed by atoms with Crippen LogP contribution in [0.25, 0.3) is 0 Å². The molecule has 0 bridgehead atoms. The number of nitrogen functional groups attached to an aromatic ring is 1. The van der Waals surface area contributed by atoms with Crippen LogP contribution in [0.15, 0.2) is 16.3 Å². The molecule has 3 N–H and O–H groups in total. The first kappa shape index (κ1) is 13.2. The van der Waals surface area contributed by atoms with Crippen molar-refractivity contribution in [3.05, 3.63) is 26.9 Å². The van der Waals surface area contributed by atoms with Crippen molar-refractivity contribution >= 4 is 33.1 Å². The lowest BCUT2D eigenvalue weighted by molar-refractivity contribution is 0.307. The topological polar surface area (TPSA) is 86.0 Å². The lowest BCUT2D eigenvalue weighted by atomic mass is 10.3. The van der Waals surface area contributed by atoms with Crippen LogP contribution < -0.4 is 16.0 Å². The number of hydrogen-bond donors (Lipinski definition) is 2. The Morgan fingerprint density at radius 3 is 2.94 bits per heavy atom. The van der Waals surface area contributed by atoms with E-state index < -0.39 is 0 Å². The Labute approximate surface area is 117 Å². The molecule has 2 heterocycles. The standard InChI is InChI=1S/C10H12BrN5OS/c1-6-7(18-5-15-6)2-3-17-10-8(11)9(16-12)13-4-14-10/h4-5H,2-3,12H2,1H3,(H,13,14,16). The molecule has 0 saturated heterocycles. The maximum atomic E-state index is 5.59. The molecule has 0 radical (unpaired) electrons. The monoisotopic (exact) mass is 329 g/mol. The molecule has 0 saturated carbocycles. The van der Waals surface area contributed by atoms with Gasteiger partial charge in [0.05, 0.1) is 17.8 Å². The highest BCUT2D eigenvalue weighted by molar-refractivity contribution is 9.10. The first-order chi connectivity index (χ1) is 8.72. The number of nitrogens with two attached hydrogens (primary N) is 1. The summed E-state index contributed by atoms with van der Waals surface area (Å²) in [4.78, 5) is 13.4. The van der Waals surface area contributed by atoms with E-state index in [0.29, 0.717) is 22.8 Å². The normalized spacial score (nSPS) is 10.4. The molecule has 2 aromatic rings. The van der Waals surface area contributed by atoms with Gasteiger partial charge < -0.3 is 10.2 Å². The molecule has 18 heavy (non-hydrogen) atoms. The first-order valence-corrected chi connectivity index (χ1v) is 6.88. The van der Waals surface area contributed by atoms with E-state index in [1.54, 1.807) is 11.3 Å². The lowest BCUT2D eigenvalue weighted by Crippen LogP contribution is -2.11. The second-order valence-electron chi connectivity index (χ2n) is 3.45. The van der Waals surface area contributed by atoms with Gasteiger partial charge in [-0.05, 0) is 22.9 Å². The van der Waals surface area contributed by atoms with Crippen molar-refractivity contribution in [2.24, 2.45) is 5.84 Å². The average molecular weight is 330 g/mol. The predicted molar refractivity (Wildman–Crippen MR) is 73.6 cm³/mol. The smallest absolute Gasteiger partial charge is 0.233 e. The van der Waals surface area contributed by atoms with Gasteiger partial charge in [0.25, 0.3) is 0 Å². The van der Waals surface area contributed by atoms with E-state index >= 15 is 0 Å². The summed E-state index contributed by atoms with van der Waals surface area (Å²) in [5, 5.41) is 0. The number of hydrogen-bond acceptors (Lipinski definition) is 7. The Hall–Kier alpha value is -1.25. The van der Waals surface area contributed by atoms with E-state index in [2.05, 4.69) is 36.3 Å². The van der Waals surface area contributed by atoms with Gasteiger partial charge in [0, 0.05) is 11.3 Å². The molecule has 0 atom stereocenters. The molecule has 0 aliphatic heterocycles. The van der Waals surface area contributed by atoms with E-state index in [9.17, 15) is 0 Å². The van der Waals surface area contributed by atoms with E-state index in [1.165, 1.54) is 11.2 Å². The van der Waals surface area contributed by atoms with Crippen LogP contribution in [-0.4, -0.2) is 21.6 Å². The van der Waals surface area contributed by atoms with E-state index in [4.69, 9.17) is 10.6 Å². The van der Waals surface area contributed by atoms with Gasteiger partial charge in [0.1, 0.15) is 10.8 Å². The number of anilines is 1. The molecule has 0 amide bonds. The number of nitrogens with one attached hydrogen (secondary N) is 1. The van der Waals surface area contributed by atoms with Gasteiger partial charge in [-0.2, -0.15) is 0 Å². The summed E-state index contributed by atoms with van der Waals surface area (Å²) in [5.74, 6) is 6.28. The van der Waals surface area contributed by atoms with Crippen LogP contribution >= 0.6 is 27.3 Å². The van der Waals surface area contributed by atoms with Gasteiger partial charge in [-0.25, -0.2) is 20.8 Å². The van der Waals surface area contributed by atoms with Crippen LogP contribution in [0.2, 0.25) is 0 Å². The second kappa shape index (κ2) is 6.07. The van der Waals surface area contributed by atoms with Crippen LogP contribution in [0, 0.1) is 6.92 Å². The number of ether oxygens (including phenoxy) is 1. The van der Waals surface area contributed by atoms with Crippen molar-refractivity contribution in [3.8, 4) is 5.88 Å². The minimum atomic E-state index is 0.472. The summed E-state index contributed by atoms with van der Waals surface area (Å²) in [7, 11) is 0. The Bertz CT molecular complexity index is 533.